The largest absolute Gasteiger partial charge is 0.386 e. The first kappa shape index (κ1) is 16.0. The minimum absolute atomic E-state index is 0.0587. The molecule has 0 radical (unpaired) electrons. The zero-order chi connectivity index (χ0) is 16.3. The number of halogens is 1. The van der Waals surface area contributed by atoms with Crippen LogP contribution in [0.1, 0.15) is 5.56 Å². The molecule has 7 heteroatoms. The van der Waals surface area contributed by atoms with Crippen molar-refractivity contribution in [2.75, 3.05) is 10.8 Å². The van der Waals surface area contributed by atoms with Crippen molar-refractivity contribution < 1.29 is 12.8 Å². The third-order valence-electron chi connectivity index (χ3n) is 3.01. The normalized spacial score (nSPS) is 11.2. The molecule has 0 spiro atoms. The van der Waals surface area contributed by atoms with Gasteiger partial charge in [0.2, 0.25) is 0 Å². The van der Waals surface area contributed by atoms with Crippen molar-refractivity contribution in [2.24, 2.45) is 5.73 Å². The lowest BCUT2D eigenvalue weighted by molar-refractivity contribution is 0.592. The van der Waals surface area contributed by atoms with Crippen molar-refractivity contribution >= 4 is 21.5 Å². The van der Waals surface area contributed by atoms with E-state index in [0.717, 1.165) is 22.0 Å². The summed E-state index contributed by atoms with van der Waals surface area (Å²) in [6.07, 6.45) is 0. The van der Waals surface area contributed by atoms with Gasteiger partial charge in [0.1, 0.15) is 11.7 Å². The van der Waals surface area contributed by atoms with Gasteiger partial charge >= 0.3 is 0 Å². The number of hydrogen-bond acceptors (Lipinski definition) is 3. The van der Waals surface area contributed by atoms with Crippen LogP contribution in [0.2, 0.25) is 0 Å². The van der Waals surface area contributed by atoms with Crippen LogP contribution in [0, 0.1) is 18.2 Å². The van der Waals surface area contributed by atoms with E-state index in [1.165, 1.54) is 12.1 Å². The van der Waals surface area contributed by atoms with Crippen LogP contribution >= 0.6 is 0 Å². The Labute approximate surface area is 128 Å². The van der Waals surface area contributed by atoms with Gasteiger partial charge in [-0.3, -0.25) is 9.71 Å². The van der Waals surface area contributed by atoms with E-state index in [2.05, 4.69) is 0 Å². The van der Waals surface area contributed by atoms with E-state index in [1.54, 1.807) is 18.2 Å². The van der Waals surface area contributed by atoms with Crippen LogP contribution in [0.15, 0.2) is 53.4 Å². The fourth-order valence-electron chi connectivity index (χ4n) is 1.99. The van der Waals surface area contributed by atoms with Gasteiger partial charge in [-0.2, -0.15) is 0 Å². The maximum atomic E-state index is 13.0. The topological polar surface area (TPSA) is 87.2 Å². The van der Waals surface area contributed by atoms with Gasteiger partial charge < -0.3 is 5.73 Å². The molecule has 0 heterocycles. The van der Waals surface area contributed by atoms with Crippen molar-refractivity contribution in [1.29, 1.82) is 5.41 Å². The standard InChI is InChI=1S/C15H16FN3O2S/c1-11-3-2-4-13(9-11)19(10-15(17)18)22(20,21)14-7-5-12(16)6-8-14/h2-9H,10H2,1H3,(H3,17,18). The van der Waals surface area contributed by atoms with Crippen molar-refractivity contribution in [3.8, 4) is 0 Å². The van der Waals surface area contributed by atoms with Crippen LogP contribution in [-0.2, 0) is 10.0 Å². The highest BCUT2D eigenvalue weighted by Crippen LogP contribution is 2.24. The Hall–Kier alpha value is -2.41. The number of amidine groups is 1. The molecule has 0 unspecified atom stereocenters. The Morgan fingerprint density at radius 1 is 1.23 bits per heavy atom. The summed E-state index contributed by atoms with van der Waals surface area (Å²) in [5.41, 5.74) is 6.66. The molecule has 0 fully saturated rings. The summed E-state index contributed by atoms with van der Waals surface area (Å²) in [4.78, 5) is -0.0587. The zero-order valence-electron chi connectivity index (χ0n) is 12.0. The van der Waals surface area contributed by atoms with Crippen molar-refractivity contribution in [3.05, 3.63) is 59.9 Å². The second kappa shape index (κ2) is 6.15. The molecule has 0 aromatic heterocycles. The summed E-state index contributed by atoms with van der Waals surface area (Å²) < 4.78 is 39.5. The number of nitrogens with zero attached hydrogens (tertiary/aromatic N) is 1. The molecular weight excluding hydrogens is 305 g/mol. The second-order valence-corrected chi connectivity index (χ2v) is 6.69. The Kier molecular flexibility index (Phi) is 4.46. The molecule has 0 saturated heterocycles. The fraction of sp³-hybridized carbons (Fsp3) is 0.133. The predicted molar refractivity (Wildman–Crippen MR) is 84.0 cm³/mol. The van der Waals surface area contributed by atoms with Gasteiger partial charge in [0.05, 0.1) is 17.1 Å². The van der Waals surface area contributed by atoms with Gasteiger partial charge in [-0.15, -0.1) is 0 Å². The summed E-state index contributed by atoms with van der Waals surface area (Å²) in [5, 5.41) is 7.42. The Balaban J connectivity index is 2.53. The summed E-state index contributed by atoms with van der Waals surface area (Å²) >= 11 is 0. The van der Waals surface area contributed by atoms with E-state index in [0.29, 0.717) is 5.69 Å². The number of nitrogens with two attached hydrogens (primary N) is 1. The lowest BCUT2D eigenvalue weighted by Crippen LogP contribution is -2.38. The molecule has 0 bridgehead atoms. The molecule has 2 aromatic rings. The summed E-state index contributed by atoms with van der Waals surface area (Å²) in [6.45, 7) is 1.56. The van der Waals surface area contributed by atoms with Gasteiger partial charge in [-0.25, -0.2) is 12.8 Å². The van der Waals surface area contributed by atoms with Gasteiger partial charge in [0, 0.05) is 0 Å². The molecule has 3 N–H and O–H groups in total. The quantitative estimate of drug-likeness (QED) is 0.654. The second-order valence-electron chi connectivity index (χ2n) is 4.83. The fourth-order valence-corrected chi connectivity index (χ4v) is 3.42. The van der Waals surface area contributed by atoms with Gasteiger partial charge in [-0.05, 0) is 48.9 Å². The summed E-state index contributed by atoms with van der Waals surface area (Å²) in [5.74, 6) is -0.806. The number of anilines is 1. The molecular formula is C15H16FN3O2S. The van der Waals surface area contributed by atoms with Crippen molar-refractivity contribution in [3.63, 3.8) is 0 Å². The molecule has 0 aliphatic heterocycles. The predicted octanol–water partition coefficient (Wildman–Crippen LogP) is 2.27. The Bertz CT molecular complexity index is 789. The maximum Gasteiger partial charge on any atom is 0.264 e. The van der Waals surface area contributed by atoms with E-state index in [4.69, 9.17) is 11.1 Å². The molecule has 0 aliphatic rings. The SMILES string of the molecule is Cc1cccc(N(CC(=N)N)S(=O)(=O)c2ccc(F)cc2)c1. The van der Waals surface area contributed by atoms with Crippen LogP contribution in [-0.4, -0.2) is 20.8 Å². The number of nitrogens with one attached hydrogen (secondary N) is 1. The van der Waals surface area contributed by atoms with Crippen molar-refractivity contribution in [2.45, 2.75) is 11.8 Å². The molecule has 0 atom stereocenters. The Morgan fingerprint density at radius 3 is 2.41 bits per heavy atom. The van der Waals surface area contributed by atoms with E-state index < -0.39 is 15.8 Å². The molecule has 5 nitrogen and oxygen atoms in total. The van der Waals surface area contributed by atoms with Gasteiger partial charge in [-0.1, -0.05) is 12.1 Å². The highest BCUT2D eigenvalue weighted by Gasteiger charge is 2.25. The molecule has 0 amide bonds. The molecule has 116 valence electrons. The van der Waals surface area contributed by atoms with Crippen LogP contribution < -0.4 is 10.0 Å². The molecule has 0 aliphatic carbocycles. The van der Waals surface area contributed by atoms with E-state index >= 15 is 0 Å². The zero-order valence-corrected chi connectivity index (χ0v) is 12.8. The first-order valence-electron chi connectivity index (χ1n) is 6.48. The first-order chi connectivity index (χ1) is 10.3. The molecule has 0 saturated carbocycles. The molecule has 22 heavy (non-hydrogen) atoms. The van der Waals surface area contributed by atoms with Crippen LogP contribution in [0.25, 0.3) is 0 Å². The first-order valence-corrected chi connectivity index (χ1v) is 7.92. The highest BCUT2D eigenvalue weighted by atomic mass is 32.2. The summed E-state index contributed by atoms with van der Waals surface area (Å²) in [7, 11) is -3.94. The number of aryl methyl sites for hydroxylation is 1. The van der Waals surface area contributed by atoms with Crippen LogP contribution in [0.5, 0.6) is 0 Å². The van der Waals surface area contributed by atoms with Crippen LogP contribution in [0.4, 0.5) is 10.1 Å². The Morgan fingerprint density at radius 2 is 1.86 bits per heavy atom. The lowest BCUT2D eigenvalue weighted by Gasteiger charge is -2.24. The monoisotopic (exact) mass is 321 g/mol. The smallest absolute Gasteiger partial charge is 0.264 e. The minimum atomic E-state index is -3.94. The van der Waals surface area contributed by atoms with Gasteiger partial charge in [0.15, 0.2) is 0 Å². The average molecular weight is 321 g/mol. The third-order valence-corrected chi connectivity index (χ3v) is 4.79. The van der Waals surface area contributed by atoms with E-state index in [9.17, 15) is 12.8 Å². The average Bonchev–Trinajstić information content (AvgIpc) is 2.45. The minimum Gasteiger partial charge on any atom is -0.386 e. The number of hydrogen-bond donors (Lipinski definition) is 2. The van der Waals surface area contributed by atoms with Gasteiger partial charge in [0.25, 0.3) is 10.0 Å². The molecule has 2 rings (SSSR count). The maximum absolute atomic E-state index is 13.0. The van der Waals surface area contributed by atoms with E-state index in [1.807, 2.05) is 13.0 Å². The molecule has 2 aromatic carbocycles. The number of benzene rings is 2. The summed E-state index contributed by atoms with van der Waals surface area (Å²) in [6, 6.07) is 11.4. The van der Waals surface area contributed by atoms with Crippen molar-refractivity contribution in [1.82, 2.24) is 0 Å². The highest BCUT2D eigenvalue weighted by molar-refractivity contribution is 7.92. The number of rotatable bonds is 5. The van der Waals surface area contributed by atoms with E-state index in [-0.39, 0.29) is 17.3 Å². The third kappa shape index (κ3) is 3.43. The lowest BCUT2D eigenvalue weighted by atomic mass is 10.2. The number of sulfonamides is 1. The van der Waals surface area contributed by atoms with Crippen LogP contribution in [0.3, 0.4) is 0 Å².